The Balaban J connectivity index is 1.68. The van der Waals surface area contributed by atoms with Crippen molar-refractivity contribution in [2.24, 2.45) is 0 Å². The summed E-state index contributed by atoms with van der Waals surface area (Å²) in [6, 6.07) is 20.2. The molecule has 0 aliphatic carbocycles. The molecule has 1 N–H and O–H groups in total. The van der Waals surface area contributed by atoms with Gasteiger partial charge in [-0.3, -0.25) is 14.4 Å². The number of aromatic nitrogens is 1. The minimum Gasteiger partial charge on any atom is -0.309 e. The quantitative estimate of drug-likeness (QED) is 0.317. The molecule has 10 heteroatoms. The fourth-order valence-electron chi connectivity index (χ4n) is 3.53. The molecule has 0 radical (unpaired) electrons. The third-order valence-electron chi connectivity index (χ3n) is 5.27. The van der Waals surface area contributed by atoms with Gasteiger partial charge in [-0.25, -0.2) is 13.4 Å². The molecule has 7 nitrogen and oxygen atoms in total. The summed E-state index contributed by atoms with van der Waals surface area (Å²) < 4.78 is 29.5. The largest absolute Gasteiger partial charge is 0.309 e. The molecule has 0 bridgehead atoms. The molecule has 4 aromatic rings. The van der Waals surface area contributed by atoms with Crippen molar-refractivity contribution in [2.45, 2.75) is 11.3 Å². The van der Waals surface area contributed by atoms with E-state index >= 15 is 0 Å². The van der Waals surface area contributed by atoms with Crippen LogP contribution in [0, 0.1) is 0 Å². The molecule has 1 heterocycles. The van der Waals surface area contributed by atoms with Crippen LogP contribution in [0.4, 0.5) is 10.8 Å². The lowest BCUT2D eigenvalue weighted by molar-refractivity contribution is 0.0987. The smallest absolute Gasteiger partial charge is 0.262 e. The molecule has 182 valence electrons. The number of nitrogens with one attached hydrogen (secondary N) is 1. The van der Waals surface area contributed by atoms with Crippen molar-refractivity contribution in [3.63, 3.8) is 0 Å². The van der Waals surface area contributed by atoms with Gasteiger partial charge < -0.3 is 4.90 Å². The van der Waals surface area contributed by atoms with Gasteiger partial charge in [0.15, 0.2) is 5.13 Å². The molecular weight excluding hydrogens is 504 g/mol. The van der Waals surface area contributed by atoms with Gasteiger partial charge in [-0.05, 0) is 75.6 Å². The highest BCUT2D eigenvalue weighted by Crippen LogP contribution is 2.31. The molecule has 0 fully saturated rings. The predicted molar refractivity (Wildman–Crippen MR) is 143 cm³/mol. The molecule has 0 spiro atoms. The van der Waals surface area contributed by atoms with Crippen LogP contribution in [-0.2, 0) is 10.0 Å². The normalized spacial score (nSPS) is 11.7. The molecule has 3 aromatic carbocycles. The number of carbonyl (C=O) groups is 1. The Kier molecular flexibility index (Phi) is 7.71. The van der Waals surface area contributed by atoms with E-state index in [4.69, 9.17) is 11.6 Å². The Morgan fingerprint density at radius 2 is 1.66 bits per heavy atom. The number of halogens is 1. The first kappa shape index (κ1) is 25.1. The van der Waals surface area contributed by atoms with Gasteiger partial charge >= 0.3 is 0 Å². The molecule has 0 unspecified atom stereocenters. The van der Waals surface area contributed by atoms with Gasteiger partial charge in [0.2, 0.25) is 0 Å². The highest BCUT2D eigenvalue weighted by molar-refractivity contribution is 7.92. The van der Waals surface area contributed by atoms with Crippen LogP contribution < -0.4 is 9.62 Å². The van der Waals surface area contributed by atoms with Crippen LogP contribution in [0.3, 0.4) is 0 Å². The van der Waals surface area contributed by atoms with Crippen molar-refractivity contribution in [3.8, 4) is 0 Å². The zero-order valence-corrected chi connectivity index (χ0v) is 21.7. The fourth-order valence-corrected chi connectivity index (χ4v) is 5.72. The average molecular weight is 529 g/mol. The summed E-state index contributed by atoms with van der Waals surface area (Å²) >= 11 is 7.33. The topological polar surface area (TPSA) is 82.6 Å². The first-order valence-corrected chi connectivity index (χ1v) is 13.6. The van der Waals surface area contributed by atoms with Crippen molar-refractivity contribution >= 4 is 59.9 Å². The van der Waals surface area contributed by atoms with Crippen LogP contribution in [0.2, 0.25) is 5.02 Å². The Labute approximate surface area is 214 Å². The molecule has 4 rings (SSSR count). The molecular formula is C25H25ClN4O3S2. The second-order valence-corrected chi connectivity index (χ2v) is 11.3. The lowest BCUT2D eigenvalue weighted by Gasteiger charge is -2.22. The lowest BCUT2D eigenvalue weighted by Crippen LogP contribution is -2.34. The van der Waals surface area contributed by atoms with E-state index in [-0.39, 0.29) is 22.1 Å². The zero-order valence-electron chi connectivity index (χ0n) is 19.3. The Bertz CT molecular complexity index is 1400. The number of thiazole rings is 1. The summed E-state index contributed by atoms with van der Waals surface area (Å²) in [5.41, 5.74) is 1.26. The third kappa shape index (κ3) is 5.99. The average Bonchev–Trinajstić information content (AvgIpc) is 3.25. The molecule has 35 heavy (non-hydrogen) atoms. The maximum Gasteiger partial charge on any atom is 0.262 e. The van der Waals surface area contributed by atoms with E-state index in [2.05, 4.69) is 14.6 Å². The van der Waals surface area contributed by atoms with E-state index in [0.717, 1.165) is 23.2 Å². The van der Waals surface area contributed by atoms with Gasteiger partial charge in [0.25, 0.3) is 15.9 Å². The SMILES string of the molecule is CN(C)CCCN(C(=O)c1ccccc1NS(=O)(=O)c1ccc(Cl)cc1)c1nc2ccccc2s1. The van der Waals surface area contributed by atoms with E-state index < -0.39 is 10.0 Å². The van der Waals surface area contributed by atoms with Gasteiger partial charge in [0.1, 0.15) is 0 Å². The third-order valence-corrected chi connectivity index (χ3v) is 7.96. The van der Waals surface area contributed by atoms with Crippen LogP contribution >= 0.6 is 22.9 Å². The number of nitrogens with zero attached hydrogens (tertiary/aromatic N) is 3. The summed E-state index contributed by atoms with van der Waals surface area (Å²) in [6.45, 7) is 1.23. The van der Waals surface area contributed by atoms with Crippen LogP contribution in [0.1, 0.15) is 16.8 Å². The number of anilines is 2. The Hall–Kier alpha value is -2.98. The summed E-state index contributed by atoms with van der Waals surface area (Å²) in [5.74, 6) is -0.322. The van der Waals surface area contributed by atoms with Gasteiger partial charge in [-0.1, -0.05) is 47.2 Å². The molecule has 0 aliphatic heterocycles. The summed E-state index contributed by atoms with van der Waals surface area (Å²) in [6.07, 6.45) is 0.729. The summed E-state index contributed by atoms with van der Waals surface area (Å²) in [7, 11) is 0.0295. The van der Waals surface area contributed by atoms with E-state index in [9.17, 15) is 13.2 Å². The van der Waals surface area contributed by atoms with Gasteiger partial charge in [-0.15, -0.1) is 0 Å². The van der Waals surface area contributed by atoms with Gasteiger partial charge in [-0.2, -0.15) is 0 Å². The fraction of sp³-hybridized carbons (Fsp3) is 0.200. The van der Waals surface area contributed by atoms with Crippen molar-refractivity contribution < 1.29 is 13.2 Å². The number of benzene rings is 3. The van der Waals surface area contributed by atoms with Crippen LogP contribution in [0.25, 0.3) is 10.2 Å². The van der Waals surface area contributed by atoms with Crippen molar-refractivity contribution in [1.82, 2.24) is 9.88 Å². The minimum atomic E-state index is -3.92. The van der Waals surface area contributed by atoms with Crippen molar-refractivity contribution in [2.75, 3.05) is 36.8 Å². The number of para-hydroxylation sites is 2. The maximum atomic E-state index is 13.8. The van der Waals surface area contributed by atoms with E-state index in [1.54, 1.807) is 29.2 Å². The number of amides is 1. The highest BCUT2D eigenvalue weighted by atomic mass is 35.5. The van der Waals surface area contributed by atoms with Gasteiger partial charge in [0.05, 0.1) is 26.4 Å². The first-order valence-electron chi connectivity index (χ1n) is 10.9. The second kappa shape index (κ2) is 10.7. The standard InChI is InChI=1S/C25H25ClN4O3S2/c1-29(2)16-7-17-30(25-27-22-10-5-6-11-23(22)34-25)24(31)20-8-3-4-9-21(20)28-35(32,33)19-14-12-18(26)13-15-19/h3-6,8-15,28H,7,16-17H2,1-2H3. The molecule has 0 saturated heterocycles. The molecule has 0 saturated carbocycles. The zero-order chi connectivity index (χ0) is 25.0. The van der Waals surface area contributed by atoms with Crippen LogP contribution in [0.15, 0.2) is 77.7 Å². The molecule has 1 amide bonds. The Morgan fingerprint density at radius 1 is 0.971 bits per heavy atom. The van der Waals surface area contributed by atoms with Gasteiger partial charge in [0, 0.05) is 11.6 Å². The van der Waals surface area contributed by atoms with E-state index in [1.165, 1.54) is 35.6 Å². The number of rotatable bonds is 9. The number of hydrogen-bond donors (Lipinski definition) is 1. The summed E-state index contributed by atoms with van der Waals surface area (Å²) in [5, 5.41) is 1.01. The first-order chi connectivity index (χ1) is 16.7. The minimum absolute atomic E-state index is 0.0539. The predicted octanol–water partition coefficient (Wildman–Crippen LogP) is 5.35. The number of sulfonamides is 1. The number of carbonyl (C=O) groups excluding carboxylic acids is 1. The lowest BCUT2D eigenvalue weighted by atomic mass is 10.1. The van der Waals surface area contributed by atoms with Crippen molar-refractivity contribution in [1.29, 1.82) is 0 Å². The highest BCUT2D eigenvalue weighted by Gasteiger charge is 2.25. The van der Waals surface area contributed by atoms with Crippen molar-refractivity contribution in [3.05, 3.63) is 83.4 Å². The van der Waals surface area contributed by atoms with E-state index in [1.807, 2.05) is 38.4 Å². The molecule has 1 aromatic heterocycles. The molecule has 0 aliphatic rings. The van der Waals surface area contributed by atoms with Crippen LogP contribution in [0.5, 0.6) is 0 Å². The number of fused-ring (bicyclic) bond motifs is 1. The maximum absolute atomic E-state index is 13.8. The monoisotopic (exact) mass is 528 g/mol. The Morgan fingerprint density at radius 3 is 2.37 bits per heavy atom. The summed E-state index contributed by atoms with van der Waals surface area (Å²) in [4.78, 5) is 22.2. The molecule has 0 atom stereocenters. The van der Waals surface area contributed by atoms with E-state index in [0.29, 0.717) is 16.7 Å². The number of hydrogen-bond acceptors (Lipinski definition) is 6. The van der Waals surface area contributed by atoms with Crippen LogP contribution in [-0.4, -0.2) is 51.4 Å². The second-order valence-electron chi connectivity index (χ2n) is 8.18.